The Morgan fingerprint density at radius 2 is 2.00 bits per heavy atom. The third-order valence-electron chi connectivity index (χ3n) is 3.67. The van der Waals surface area contributed by atoms with Crippen LogP contribution in [-0.4, -0.2) is 36.8 Å². The van der Waals surface area contributed by atoms with Crippen molar-refractivity contribution in [2.45, 2.75) is 65.7 Å². The Morgan fingerprint density at radius 1 is 1.33 bits per heavy atom. The number of ether oxygens (including phenoxy) is 1. The van der Waals surface area contributed by atoms with E-state index >= 15 is 0 Å². The number of morpholine rings is 1. The first-order chi connectivity index (χ1) is 10.0. The molecule has 1 aliphatic rings. The van der Waals surface area contributed by atoms with E-state index in [1.165, 1.54) is 17.0 Å². The number of nitrogens with zero attached hydrogens (tertiary/aromatic N) is 2. The van der Waals surface area contributed by atoms with E-state index in [0.29, 0.717) is 5.92 Å². The molecule has 2 heterocycles. The molecular formula is C16H29N3OS. The van der Waals surface area contributed by atoms with Crippen LogP contribution in [-0.2, 0) is 11.3 Å². The molecule has 4 nitrogen and oxygen atoms in total. The van der Waals surface area contributed by atoms with Crippen molar-refractivity contribution in [2.24, 2.45) is 0 Å². The van der Waals surface area contributed by atoms with E-state index in [9.17, 15) is 0 Å². The molecule has 1 fully saturated rings. The van der Waals surface area contributed by atoms with Gasteiger partial charge in [0.25, 0.3) is 0 Å². The summed E-state index contributed by atoms with van der Waals surface area (Å²) in [6.45, 7) is 14.8. The molecule has 0 amide bonds. The molecule has 0 bridgehead atoms. The van der Waals surface area contributed by atoms with Crippen LogP contribution in [0.25, 0.3) is 0 Å². The highest BCUT2D eigenvalue weighted by atomic mass is 32.1. The Labute approximate surface area is 132 Å². The van der Waals surface area contributed by atoms with Gasteiger partial charge < -0.3 is 15.0 Å². The molecule has 0 saturated carbocycles. The van der Waals surface area contributed by atoms with Crippen molar-refractivity contribution >= 4 is 16.5 Å². The van der Waals surface area contributed by atoms with Crippen molar-refractivity contribution in [3.63, 3.8) is 0 Å². The first-order valence-corrected chi connectivity index (χ1v) is 8.93. The fraction of sp³-hybridized carbons (Fsp3) is 0.812. The predicted molar refractivity (Wildman–Crippen MR) is 90.4 cm³/mol. The second kappa shape index (κ2) is 7.56. The van der Waals surface area contributed by atoms with Crippen LogP contribution in [0.5, 0.6) is 0 Å². The van der Waals surface area contributed by atoms with Crippen molar-refractivity contribution in [3.05, 3.63) is 10.6 Å². The highest BCUT2D eigenvalue weighted by Crippen LogP contribution is 2.32. The molecule has 1 aromatic heterocycles. The van der Waals surface area contributed by atoms with Gasteiger partial charge in [0.15, 0.2) is 5.13 Å². The van der Waals surface area contributed by atoms with E-state index in [1.807, 2.05) is 11.3 Å². The van der Waals surface area contributed by atoms with Crippen molar-refractivity contribution in [1.82, 2.24) is 10.3 Å². The number of nitrogens with one attached hydrogen (secondary N) is 1. The molecule has 0 radical (unpaired) electrons. The maximum absolute atomic E-state index is 5.82. The van der Waals surface area contributed by atoms with Crippen molar-refractivity contribution < 1.29 is 4.74 Å². The van der Waals surface area contributed by atoms with Crippen LogP contribution in [0.1, 0.15) is 57.5 Å². The zero-order valence-corrected chi connectivity index (χ0v) is 14.8. The van der Waals surface area contributed by atoms with E-state index < -0.39 is 0 Å². The van der Waals surface area contributed by atoms with E-state index in [4.69, 9.17) is 9.72 Å². The first-order valence-electron chi connectivity index (χ1n) is 8.12. The van der Waals surface area contributed by atoms with Gasteiger partial charge in [-0.25, -0.2) is 4.98 Å². The van der Waals surface area contributed by atoms with Crippen LogP contribution in [0.15, 0.2) is 0 Å². The molecule has 0 spiro atoms. The number of anilines is 1. The average Bonchev–Trinajstić information content (AvgIpc) is 2.82. The lowest BCUT2D eigenvalue weighted by atomic mass is 10.1. The molecule has 1 saturated heterocycles. The van der Waals surface area contributed by atoms with Crippen LogP contribution in [0, 0.1) is 0 Å². The number of hydrogen-bond acceptors (Lipinski definition) is 5. The second-order valence-electron chi connectivity index (χ2n) is 6.30. The van der Waals surface area contributed by atoms with Crippen molar-refractivity contribution in [2.75, 3.05) is 24.5 Å². The topological polar surface area (TPSA) is 37.4 Å². The van der Waals surface area contributed by atoms with Gasteiger partial charge in [0.05, 0.1) is 17.9 Å². The lowest BCUT2D eigenvalue weighted by molar-refractivity contribution is -0.00523. The minimum absolute atomic E-state index is 0.279. The monoisotopic (exact) mass is 311 g/mol. The number of aromatic nitrogens is 1. The summed E-state index contributed by atoms with van der Waals surface area (Å²) in [5.74, 6) is 0.476. The fourth-order valence-corrected chi connectivity index (χ4v) is 3.98. The highest BCUT2D eigenvalue weighted by Gasteiger charge is 2.26. The molecule has 120 valence electrons. The van der Waals surface area contributed by atoms with Crippen LogP contribution in [0.3, 0.4) is 0 Å². The molecule has 1 aliphatic heterocycles. The molecule has 2 atom stereocenters. The van der Waals surface area contributed by atoms with Gasteiger partial charge in [0.2, 0.25) is 0 Å². The van der Waals surface area contributed by atoms with E-state index in [1.54, 1.807) is 0 Å². The molecule has 0 aliphatic carbocycles. The maximum Gasteiger partial charge on any atom is 0.186 e. The van der Waals surface area contributed by atoms with Crippen molar-refractivity contribution in [1.29, 1.82) is 0 Å². The lowest BCUT2D eigenvalue weighted by Crippen LogP contribution is -2.45. The zero-order valence-electron chi connectivity index (χ0n) is 14.0. The van der Waals surface area contributed by atoms with Gasteiger partial charge in [0.1, 0.15) is 0 Å². The van der Waals surface area contributed by atoms with Gasteiger partial charge in [-0.3, -0.25) is 0 Å². The third kappa shape index (κ3) is 4.41. The summed E-state index contributed by atoms with van der Waals surface area (Å²) in [6.07, 6.45) is 1.73. The molecule has 1 aromatic rings. The Hall–Kier alpha value is -0.650. The molecule has 21 heavy (non-hydrogen) atoms. The van der Waals surface area contributed by atoms with Crippen LogP contribution >= 0.6 is 11.3 Å². The Morgan fingerprint density at radius 3 is 2.57 bits per heavy atom. The molecule has 2 rings (SSSR count). The summed E-state index contributed by atoms with van der Waals surface area (Å²) in [5, 5.41) is 4.67. The first kappa shape index (κ1) is 16.7. The average molecular weight is 311 g/mol. The lowest BCUT2D eigenvalue weighted by Gasteiger charge is -2.35. The minimum atomic E-state index is 0.279. The fourth-order valence-electron chi connectivity index (χ4n) is 2.78. The summed E-state index contributed by atoms with van der Waals surface area (Å²) in [6, 6.07) is 0. The smallest absolute Gasteiger partial charge is 0.186 e. The minimum Gasteiger partial charge on any atom is -0.372 e. The summed E-state index contributed by atoms with van der Waals surface area (Å²) in [5.41, 5.74) is 1.26. The van der Waals surface area contributed by atoms with E-state index in [-0.39, 0.29) is 12.2 Å². The third-order valence-corrected chi connectivity index (χ3v) is 4.80. The van der Waals surface area contributed by atoms with Gasteiger partial charge >= 0.3 is 0 Å². The highest BCUT2D eigenvalue weighted by molar-refractivity contribution is 7.15. The number of thiazole rings is 1. The maximum atomic E-state index is 5.82. The van der Waals surface area contributed by atoms with E-state index in [2.05, 4.69) is 44.8 Å². The van der Waals surface area contributed by atoms with Crippen LogP contribution < -0.4 is 10.2 Å². The molecular weight excluding hydrogens is 282 g/mol. The SMILES string of the molecule is CCCNCc1sc(N2CC(C)OC(C)C2)nc1C(C)C. The van der Waals surface area contributed by atoms with Gasteiger partial charge in [-0.1, -0.05) is 20.8 Å². The summed E-state index contributed by atoms with van der Waals surface area (Å²) >= 11 is 1.85. The Bertz CT molecular complexity index is 437. The summed E-state index contributed by atoms with van der Waals surface area (Å²) < 4.78 is 5.82. The largest absolute Gasteiger partial charge is 0.372 e. The molecule has 2 unspecified atom stereocenters. The van der Waals surface area contributed by atoms with Gasteiger partial charge in [-0.05, 0) is 32.7 Å². The zero-order chi connectivity index (χ0) is 15.4. The normalized spacial score (nSPS) is 23.0. The van der Waals surface area contributed by atoms with Gasteiger partial charge in [-0.2, -0.15) is 0 Å². The van der Waals surface area contributed by atoms with Gasteiger partial charge in [-0.15, -0.1) is 11.3 Å². The summed E-state index contributed by atoms with van der Waals surface area (Å²) in [7, 11) is 0. The van der Waals surface area contributed by atoms with Crippen molar-refractivity contribution in [3.8, 4) is 0 Å². The molecule has 1 N–H and O–H groups in total. The standard InChI is InChI=1S/C16H29N3OS/c1-6-7-17-8-14-15(11(2)3)18-16(21-14)19-9-12(4)20-13(5)10-19/h11-13,17H,6-10H2,1-5H3. The summed E-state index contributed by atoms with van der Waals surface area (Å²) in [4.78, 5) is 8.71. The van der Waals surface area contributed by atoms with Gasteiger partial charge in [0, 0.05) is 24.5 Å². The Kier molecular flexibility index (Phi) is 6.02. The predicted octanol–water partition coefficient (Wildman–Crippen LogP) is 3.38. The number of hydrogen-bond donors (Lipinski definition) is 1. The quantitative estimate of drug-likeness (QED) is 0.817. The van der Waals surface area contributed by atoms with Crippen LogP contribution in [0.2, 0.25) is 0 Å². The Balaban J connectivity index is 2.14. The molecule has 0 aromatic carbocycles. The van der Waals surface area contributed by atoms with Crippen LogP contribution in [0.4, 0.5) is 5.13 Å². The molecule has 5 heteroatoms. The second-order valence-corrected chi connectivity index (χ2v) is 7.36. The van der Waals surface area contributed by atoms with E-state index in [0.717, 1.165) is 31.3 Å². The number of rotatable bonds is 6.